The lowest BCUT2D eigenvalue weighted by molar-refractivity contribution is 0.0954. The second-order valence-electron chi connectivity index (χ2n) is 6.64. The van der Waals surface area contributed by atoms with Gasteiger partial charge in [-0.15, -0.1) is 11.3 Å². The van der Waals surface area contributed by atoms with E-state index in [0.29, 0.717) is 23.8 Å². The van der Waals surface area contributed by atoms with Crippen LogP contribution in [0.25, 0.3) is 0 Å². The zero-order valence-electron chi connectivity index (χ0n) is 13.1. The fourth-order valence-corrected chi connectivity index (χ4v) is 3.68. The van der Waals surface area contributed by atoms with Crippen molar-refractivity contribution in [3.05, 3.63) is 21.9 Å². The normalized spacial score (nSPS) is 18.7. The summed E-state index contributed by atoms with van der Waals surface area (Å²) >= 11 is 1.41. The van der Waals surface area contributed by atoms with E-state index in [4.69, 9.17) is 5.11 Å². The van der Waals surface area contributed by atoms with Gasteiger partial charge < -0.3 is 10.4 Å². The van der Waals surface area contributed by atoms with Crippen molar-refractivity contribution < 1.29 is 9.90 Å². The van der Waals surface area contributed by atoms with Gasteiger partial charge in [0.15, 0.2) is 0 Å². The van der Waals surface area contributed by atoms with Crippen molar-refractivity contribution in [2.24, 2.45) is 16.7 Å². The van der Waals surface area contributed by atoms with Crippen LogP contribution in [0.5, 0.6) is 0 Å². The second-order valence-corrected chi connectivity index (χ2v) is 7.56. The molecule has 0 radical (unpaired) electrons. The maximum atomic E-state index is 12.3. The predicted molar refractivity (Wildman–Crippen MR) is 86.3 cm³/mol. The molecule has 1 fully saturated rings. The first-order valence-electron chi connectivity index (χ1n) is 7.27. The minimum Gasteiger partial charge on any atom is -0.395 e. The standard InChI is InChI=1S/C17H23NO2S/c1-16(2)13(17(16,3)4)11-18-15(20)14-12(8-10-21-14)7-5-6-9-19/h8,10,13,19H,6,9,11H2,1-4H3,(H,18,20). The molecule has 1 amide bonds. The number of thiophene rings is 1. The quantitative estimate of drug-likeness (QED) is 0.840. The summed E-state index contributed by atoms with van der Waals surface area (Å²) < 4.78 is 0. The van der Waals surface area contributed by atoms with Crippen LogP contribution in [0.15, 0.2) is 11.4 Å². The van der Waals surface area contributed by atoms with Crippen LogP contribution in [0.3, 0.4) is 0 Å². The Kier molecular flexibility index (Phi) is 4.46. The van der Waals surface area contributed by atoms with Crippen molar-refractivity contribution in [2.75, 3.05) is 13.2 Å². The van der Waals surface area contributed by atoms with Gasteiger partial charge in [0.1, 0.15) is 4.88 Å². The van der Waals surface area contributed by atoms with Crippen molar-refractivity contribution >= 4 is 17.2 Å². The smallest absolute Gasteiger partial charge is 0.262 e. The van der Waals surface area contributed by atoms with Crippen LogP contribution in [0, 0.1) is 28.6 Å². The molecule has 1 aliphatic rings. The lowest BCUT2D eigenvalue weighted by Crippen LogP contribution is -2.26. The van der Waals surface area contributed by atoms with Crippen molar-refractivity contribution in [3.8, 4) is 11.8 Å². The van der Waals surface area contributed by atoms with Crippen LogP contribution in [-0.2, 0) is 0 Å². The molecule has 0 aliphatic heterocycles. The zero-order valence-corrected chi connectivity index (χ0v) is 13.9. The maximum Gasteiger partial charge on any atom is 0.262 e. The molecule has 1 aromatic rings. The Morgan fingerprint density at radius 1 is 1.38 bits per heavy atom. The monoisotopic (exact) mass is 305 g/mol. The van der Waals surface area contributed by atoms with Gasteiger partial charge in [-0.2, -0.15) is 0 Å². The van der Waals surface area contributed by atoms with Crippen molar-refractivity contribution in [3.63, 3.8) is 0 Å². The second kappa shape index (κ2) is 5.82. The largest absolute Gasteiger partial charge is 0.395 e. The van der Waals surface area contributed by atoms with E-state index in [-0.39, 0.29) is 23.3 Å². The Morgan fingerprint density at radius 3 is 2.62 bits per heavy atom. The number of carbonyl (C=O) groups is 1. The number of nitrogens with one attached hydrogen (secondary N) is 1. The molecule has 1 heterocycles. The van der Waals surface area contributed by atoms with Gasteiger partial charge in [0, 0.05) is 18.5 Å². The van der Waals surface area contributed by atoms with Gasteiger partial charge in [0.2, 0.25) is 0 Å². The van der Waals surface area contributed by atoms with Crippen LogP contribution in [-0.4, -0.2) is 24.2 Å². The van der Waals surface area contributed by atoms with Gasteiger partial charge >= 0.3 is 0 Å². The fourth-order valence-electron chi connectivity index (χ4n) is 2.92. The van der Waals surface area contributed by atoms with Gasteiger partial charge in [-0.05, 0) is 28.2 Å². The lowest BCUT2D eigenvalue weighted by atomic mass is 10.0. The van der Waals surface area contributed by atoms with Crippen LogP contribution < -0.4 is 5.32 Å². The summed E-state index contributed by atoms with van der Waals surface area (Å²) in [6.07, 6.45) is 0.432. The van der Waals surface area contributed by atoms with Crippen LogP contribution >= 0.6 is 11.3 Å². The molecule has 114 valence electrons. The highest BCUT2D eigenvalue weighted by atomic mass is 32.1. The molecular weight excluding hydrogens is 282 g/mol. The highest BCUT2D eigenvalue weighted by molar-refractivity contribution is 7.12. The fraction of sp³-hybridized carbons (Fsp3) is 0.588. The topological polar surface area (TPSA) is 49.3 Å². The number of hydrogen-bond donors (Lipinski definition) is 2. The minimum atomic E-state index is -0.0446. The van der Waals surface area contributed by atoms with E-state index < -0.39 is 0 Å². The van der Waals surface area contributed by atoms with Crippen LogP contribution in [0.1, 0.15) is 49.4 Å². The van der Waals surface area contributed by atoms with Crippen molar-refractivity contribution in [1.29, 1.82) is 0 Å². The number of carbonyl (C=O) groups excluding carboxylic acids is 1. The molecule has 0 aromatic carbocycles. The number of aliphatic hydroxyl groups is 1. The molecule has 0 atom stereocenters. The first kappa shape index (κ1) is 16.1. The van der Waals surface area contributed by atoms with Gasteiger partial charge in [-0.1, -0.05) is 39.5 Å². The highest BCUT2D eigenvalue weighted by Crippen LogP contribution is 2.67. The molecule has 0 unspecified atom stereocenters. The molecule has 2 N–H and O–H groups in total. The molecule has 0 bridgehead atoms. The summed E-state index contributed by atoms with van der Waals surface area (Å²) in [5, 5.41) is 13.7. The van der Waals surface area contributed by atoms with E-state index in [1.165, 1.54) is 11.3 Å². The molecule has 1 aliphatic carbocycles. The molecule has 1 saturated carbocycles. The molecule has 21 heavy (non-hydrogen) atoms. The molecular formula is C17H23NO2S. The zero-order chi connectivity index (χ0) is 15.7. The SMILES string of the molecule is CC1(C)C(CNC(=O)c2sccc2C#CCCO)C1(C)C. The van der Waals surface area contributed by atoms with Crippen LogP contribution in [0.4, 0.5) is 0 Å². The average molecular weight is 305 g/mol. The summed E-state index contributed by atoms with van der Waals surface area (Å²) in [6.45, 7) is 9.76. The van der Waals surface area contributed by atoms with E-state index in [2.05, 4.69) is 44.9 Å². The number of aliphatic hydroxyl groups excluding tert-OH is 1. The summed E-state index contributed by atoms with van der Waals surface area (Å²) in [7, 11) is 0. The molecule has 1 aromatic heterocycles. The maximum absolute atomic E-state index is 12.3. The molecule has 2 rings (SSSR count). The van der Waals surface area contributed by atoms with E-state index in [1.807, 2.05) is 11.4 Å². The lowest BCUT2D eigenvalue weighted by Gasteiger charge is -2.05. The Hall–Kier alpha value is -1.31. The van der Waals surface area contributed by atoms with E-state index >= 15 is 0 Å². The van der Waals surface area contributed by atoms with Gasteiger partial charge in [-0.25, -0.2) is 0 Å². The van der Waals surface area contributed by atoms with Crippen molar-refractivity contribution in [2.45, 2.75) is 34.1 Å². The Morgan fingerprint density at radius 2 is 2.05 bits per heavy atom. The number of rotatable bonds is 4. The van der Waals surface area contributed by atoms with Crippen LogP contribution in [0.2, 0.25) is 0 Å². The van der Waals surface area contributed by atoms with Gasteiger partial charge in [0.05, 0.1) is 6.61 Å². The Labute approximate surface area is 130 Å². The molecule has 3 nitrogen and oxygen atoms in total. The van der Waals surface area contributed by atoms with E-state index in [9.17, 15) is 4.79 Å². The number of hydrogen-bond acceptors (Lipinski definition) is 3. The third kappa shape index (κ3) is 3.00. The average Bonchev–Trinajstić information content (AvgIpc) is 2.76. The van der Waals surface area contributed by atoms with Gasteiger partial charge in [-0.3, -0.25) is 4.79 Å². The summed E-state index contributed by atoms with van der Waals surface area (Å²) in [4.78, 5) is 13.0. The summed E-state index contributed by atoms with van der Waals surface area (Å²) in [5.74, 6) is 6.28. The summed E-state index contributed by atoms with van der Waals surface area (Å²) in [6, 6.07) is 1.86. The molecule has 4 heteroatoms. The Balaban J connectivity index is 1.97. The summed E-state index contributed by atoms with van der Waals surface area (Å²) in [5.41, 5.74) is 1.30. The number of amides is 1. The third-order valence-electron chi connectivity index (χ3n) is 5.12. The highest BCUT2D eigenvalue weighted by Gasteiger charge is 2.64. The first-order chi connectivity index (χ1) is 9.82. The molecule has 0 spiro atoms. The third-order valence-corrected chi connectivity index (χ3v) is 6.03. The minimum absolute atomic E-state index is 0.0446. The Bertz CT molecular complexity index is 575. The molecule has 0 saturated heterocycles. The van der Waals surface area contributed by atoms with E-state index in [0.717, 1.165) is 5.56 Å². The van der Waals surface area contributed by atoms with E-state index in [1.54, 1.807) is 0 Å². The first-order valence-corrected chi connectivity index (χ1v) is 8.15. The van der Waals surface area contributed by atoms with Crippen molar-refractivity contribution in [1.82, 2.24) is 5.32 Å². The van der Waals surface area contributed by atoms with Gasteiger partial charge in [0.25, 0.3) is 5.91 Å². The predicted octanol–water partition coefficient (Wildman–Crippen LogP) is 2.89.